The number of nitrogens with one attached hydrogen (secondary N) is 1. The van der Waals surface area contributed by atoms with Crippen LogP contribution < -0.4 is 10.1 Å². The average molecular weight is 458 g/mol. The van der Waals surface area contributed by atoms with Gasteiger partial charge in [-0.3, -0.25) is 5.32 Å². The van der Waals surface area contributed by atoms with Crippen molar-refractivity contribution in [3.8, 4) is 28.2 Å². The molecule has 1 atom stereocenters. The van der Waals surface area contributed by atoms with Gasteiger partial charge in [0.2, 0.25) is 0 Å². The first-order chi connectivity index (χ1) is 16.4. The second kappa shape index (κ2) is 9.91. The molecule has 0 aliphatic rings. The van der Waals surface area contributed by atoms with Crippen LogP contribution in [-0.2, 0) is 4.74 Å². The highest BCUT2D eigenvalue weighted by Crippen LogP contribution is 2.33. The monoisotopic (exact) mass is 458 g/mol. The largest absolute Gasteiger partial charge is 0.511 e. The van der Waals surface area contributed by atoms with Crippen LogP contribution in [0.25, 0.3) is 22.5 Å². The van der Waals surface area contributed by atoms with Crippen molar-refractivity contribution in [3.05, 3.63) is 90.1 Å². The number of ether oxygens (including phenoxy) is 2. The summed E-state index contributed by atoms with van der Waals surface area (Å²) in [4.78, 5) is 23.2. The third-order valence-electron chi connectivity index (χ3n) is 5.18. The lowest BCUT2D eigenvalue weighted by atomic mass is 10.0. The maximum Gasteiger partial charge on any atom is 0.511 e. The Labute approximate surface area is 195 Å². The first kappa shape index (κ1) is 22.6. The molecule has 0 saturated heterocycles. The molecule has 4 rings (SSSR count). The zero-order valence-electron chi connectivity index (χ0n) is 18.5. The standard InChI is InChI=1S/C26H22N2O6/c1-16-23(27-25(29)32-17(2)18-6-4-3-5-7-18)24(34-28-16)21-10-8-19(9-11-21)20-12-14-22(15-13-20)33-26(30)31/h3-15,17H,1-2H3,(H,27,29)(H,30,31)/t17-/m1/s1. The second-order valence-corrected chi connectivity index (χ2v) is 7.53. The molecule has 8 nitrogen and oxygen atoms in total. The average Bonchev–Trinajstić information content (AvgIpc) is 3.19. The zero-order valence-corrected chi connectivity index (χ0v) is 18.5. The Morgan fingerprint density at radius 1 is 0.912 bits per heavy atom. The van der Waals surface area contributed by atoms with Gasteiger partial charge < -0.3 is 19.1 Å². The first-order valence-electron chi connectivity index (χ1n) is 10.5. The van der Waals surface area contributed by atoms with Gasteiger partial charge in [-0.1, -0.05) is 71.9 Å². The summed E-state index contributed by atoms with van der Waals surface area (Å²) in [5, 5.41) is 15.4. The highest BCUT2D eigenvalue weighted by Gasteiger charge is 2.20. The molecular formula is C26H22N2O6. The fraction of sp³-hybridized carbons (Fsp3) is 0.115. The minimum Gasteiger partial charge on any atom is -0.449 e. The summed E-state index contributed by atoms with van der Waals surface area (Å²) < 4.78 is 15.6. The maximum atomic E-state index is 12.5. The lowest BCUT2D eigenvalue weighted by Gasteiger charge is -2.14. The number of carboxylic acid groups (broad SMARTS) is 1. The SMILES string of the molecule is Cc1noc(-c2ccc(-c3ccc(OC(=O)O)cc3)cc2)c1NC(=O)O[C@H](C)c1ccccc1. The molecule has 0 aliphatic heterocycles. The van der Waals surface area contributed by atoms with E-state index in [0.717, 1.165) is 22.3 Å². The van der Waals surface area contributed by atoms with E-state index in [1.807, 2.05) is 54.6 Å². The van der Waals surface area contributed by atoms with E-state index in [9.17, 15) is 9.59 Å². The molecule has 0 bridgehead atoms. The third kappa shape index (κ3) is 5.24. The number of benzene rings is 3. The van der Waals surface area contributed by atoms with E-state index < -0.39 is 18.4 Å². The number of rotatable bonds is 6. The number of hydrogen-bond donors (Lipinski definition) is 2. The Balaban J connectivity index is 1.48. The van der Waals surface area contributed by atoms with Gasteiger partial charge in [0.1, 0.15) is 23.2 Å². The number of anilines is 1. The predicted octanol–water partition coefficient (Wildman–Crippen LogP) is 6.68. The molecule has 1 heterocycles. The number of hydrogen-bond acceptors (Lipinski definition) is 6. The lowest BCUT2D eigenvalue weighted by Crippen LogP contribution is -2.16. The van der Waals surface area contributed by atoms with Gasteiger partial charge in [0.15, 0.2) is 5.76 Å². The first-order valence-corrected chi connectivity index (χ1v) is 10.5. The molecular weight excluding hydrogens is 436 g/mol. The summed E-state index contributed by atoms with van der Waals surface area (Å²) in [5.41, 5.74) is 4.37. The summed E-state index contributed by atoms with van der Waals surface area (Å²) in [6.07, 6.45) is -2.39. The van der Waals surface area contributed by atoms with Crippen LogP contribution in [0.2, 0.25) is 0 Å². The van der Waals surface area contributed by atoms with Crippen LogP contribution in [-0.4, -0.2) is 22.5 Å². The van der Waals surface area contributed by atoms with Crippen LogP contribution in [0.15, 0.2) is 83.4 Å². The van der Waals surface area contributed by atoms with Gasteiger partial charge in [-0.05, 0) is 42.7 Å². The number of carbonyl (C=O) groups excluding carboxylic acids is 1. The van der Waals surface area contributed by atoms with E-state index in [0.29, 0.717) is 17.1 Å². The maximum absolute atomic E-state index is 12.5. The zero-order chi connectivity index (χ0) is 24.1. The van der Waals surface area contributed by atoms with Crippen molar-refractivity contribution in [2.75, 3.05) is 5.32 Å². The normalized spacial score (nSPS) is 11.5. The molecule has 1 aromatic heterocycles. The van der Waals surface area contributed by atoms with Crippen LogP contribution in [0, 0.1) is 6.92 Å². The Morgan fingerprint density at radius 3 is 2.12 bits per heavy atom. The molecule has 34 heavy (non-hydrogen) atoms. The summed E-state index contributed by atoms with van der Waals surface area (Å²) >= 11 is 0. The van der Waals surface area contributed by atoms with Crippen molar-refractivity contribution < 1.29 is 28.7 Å². The molecule has 8 heteroatoms. The molecule has 4 aromatic rings. The molecule has 1 amide bonds. The summed E-state index contributed by atoms with van der Waals surface area (Å²) in [6, 6.07) is 23.6. The van der Waals surface area contributed by atoms with Crippen LogP contribution >= 0.6 is 0 Å². The van der Waals surface area contributed by atoms with Gasteiger partial charge >= 0.3 is 12.2 Å². The summed E-state index contributed by atoms with van der Waals surface area (Å²) in [5.74, 6) is 0.660. The van der Waals surface area contributed by atoms with E-state index in [4.69, 9.17) is 14.4 Å². The van der Waals surface area contributed by atoms with Crippen molar-refractivity contribution in [1.82, 2.24) is 5.16 Å². The minimum atomic E-state index is -1.36. The van der Waals surface area contributed by atoms with Crippen molar-refractivity contribution in [1.29, 1.82) is 0 Å². The fourth-order valence-corrected chi connectivity index (χ4v) is 3.43. The third-order valence-corrected chi connectivity index (χ3v) is 5.18. The molecule has 0 unspecified atom stereocenters. The van der Waals surface area contributed by atoms with Crippen LogP contribution in [0.4, 0.5) is 15.3 Å². The van der Waals surface area contributed by atoms with Crippen molar-refractivity contribution in [3.63, 3.8) is 0 Å². The van der Waals surface area contributed by atoms with Crippen LogP contribution in [0.3, 0.4) is 0 Å². The predicted molar refractivity (Wildman–Crippen MR) is 126 cm³/mol. The number of aromatic nitrogens is 1. The molecule has 0 aliphatic carbocycles. The molecule has 172 valence electrons. The lowest BCUT2D eigenvalue weighted by molar-refractivity contribution is 0.121. The Kier molecular flexibility index (Phi) is 6.59. The molecule has 0 radical (unpaired) electrons. The Morgan fingerprint density at radius 2 is 1.50 bits per heavy atom. The van der Waals surface area contributed by atoms with E-state index >= 15 is 0 Å². The number of aryl methyl sites for hydroxylation is 1. The summed E-state index contributed by atoms with van der Waals surface area (Å²) in [7, 11) is 0. The number of carbonyl (C=O) groups is 2. The number of nitrogens with zero attached hydrogens (tertiary/aromatic N) is 1. The van der Waals surface area contributed by atoms with Crippen LogP contribution in [0.1, 0.15) is 24.3 Å². The van der Waals surface area contributed by atoms with Gasteiger partial charge in [0, 0.05) is 5.56 Å². The quantitative estimate of drug-likeness (QED) is 0.245. The van der Waals surface area contributed by atoms with Crippen molar-refractivity contribution >= 4 is 17.9 Å². The Bertz CT molecular complexity index is 1280. The summed E-state index contributed by atoms with van der Waals surface area (Å²) in [6.45, 7) is 3.54. The van der Waals surface area contributed by atoms with Gasteiger partial charge in [0.05, 0.1) is 0 Å². The molecule has 2 N–H and O–H groups in total. The van der Waals surface area contributed by atoms with E-state index in [2.05, 4.69) is 15.2 Å². The fourth-order valence-electron chi connectivity index (χ4n) is 3.43. The van der Waals surface area contributed by atoms with E-state index in [-0.39, 0.29) is 5.75 Å². The van der Waals surface area contributed by atoms with Gasteiger partial charge in [-0.15, -0.1) is 0 Å². The highest BCUT2D eigenvalue weighted by molar-refractivity contribution is 5.91. The Hall–Kier alpha value is -4.59. The van der Waals surface area contributed by atoms with Gasteiger partial charge in [-0.25, -0.2) is 9.59 Å². The smallest absolute Gasteiger partial charge is 0.449 e. The minimum absolute atomic E-state index is 0.245. The highest BCUT2D eigenvalue weighted by atomic mass is 16.7. The second-order valence-electron chi connectivity index (χ2n) is 7.53. The van der Waals surface area contributed by atoms with Crippen LogP contribution in [0.5, 0.6) is 5.75 Å². The molecule has 0 spiro atoms. The number of amides is 1. The molecule has 0 fully saturated rings. The van der Waals surface area contributed by atoms with E-state index in [1.54, 1.807) is 38.1 Å². The van der Waals surface area contributed by atoms with Crippen molar-refractivity contribution in [2.24, 2.45) is 0 Å². The van der Waals surface area contributed by atoms with E-state index in [1.165, 1.54) is 0 Å². The molecule has 3 aromatic carbocycles. The van der Waals surface area contributed by atoms with Crippen molar-refractivity contribution in [2.45, 2.75) is 20.0 Å². The molecule has 0 saturated carbocycles. The van der Waals surface area contributed by atoms with Gasteiger partial charge in [-0.2, -0.15) is 0 Å². The topological polar surface area (TPSA) is 111 Å². The van der Waals surface area contributed by atoms with Gasteiger partial charge in [0.25, 0.3) is 0 Å².